The first-order chi connectivity index (χ1) is 13.7. The normalized spacial score (nSPS) is 11.9. The van der Waals surface area contributed by atoms with Gasteiger partial charge in [0.1, 0.15) is 12.4 Å². The van der Waals surface area contributed by atoms with Gasteiger partial charge in [-0.15, -0.1) is 11.3 Å². The third kappa shape index (κ3) is 4.21. The smallest absolute Gasteiger partial charge is 0.251 e. The van der Waals surface area contributed by atoms with Gasteiger partial charge in [-0.3, -0.25) is 4.79 Å². The molecule has 1 N–H and O–H groups in total. The third-order valence-corrected chi connectivity index (χ3v) is 5.24. The SMILES string of the molecule is CC(NC(=O)c1ccc(OCc2cscn2)cc1)c1ccc2ccccc2c1. The summed E-state index contributed by atoms with van der Waals surface area (Å²) in [6.07, 6.45) is 0. The number of fused-ring (bicyclic) bond motifs is 1. The number of carbonyl (C=O) groups excluding carboxylic acids is 1. The maximum atomic E-state index is 12.6. The fourth-order valence-corrected chi connectivity index (χ4v) is 3.55. The van der Waals surface area contributed by atoms with Crippen molar-refractivity contribution in [3.8, 4) is 5.75 Å². The molecule has 1 heterocycles. The molecule has 0 aliphatic carbocycles. The molecule has 0 aliphatic heterocycles. The van der Waals surface area contributed by atoms with Crippen LogP contribution in [0, 0.1) is 0 Å². The second-order valence-electron chi connectivity index (χ2n) is 6.59. The lowest BCUT2D eigenvalue weighted by molar-refractivity contribution is 0.0940. The lowest BCUT2D eigenvalue weighted by Gasteiger charge is -2.15. The number of hydrogen-bond acceptors (Lipinski definition) is 4. The Morgan fingerprint density at radius 2 is 1.86 bits per heavy atom. The summed E-state index contributed by atoms with van der Waals surface area (Å²) in [4.78, 5) is 16.8. The van der Waals surface area contributed by atoms with Crippen LogP contribution in [0.15, 0.2) is 77.6 Å². The molecule has 1 unspecified atom stereocenters. The topological polar surface area (TPSA) is 51.2 Å². The van der Waals surface area contributed by atoms with Gasteiger partial charge in [-0.05, 0) is 53.6 Å². The highest BCUT2D eigenvalue weighted by atomic mass is 32.1. The van der Waals surface area contributed by atoms with Crippen LogP contribution in [0.4, 0.5) is 0 Å². The van der Waals surface area contributed by atoms with Crippen molar-refractivity contribution in [1.82, 2.24) is 10.3 Å². The number of ether oxygens (including phenoxy) is 1. The predicted molar refractivity (Wildman–Crippen MR) is 113 cm³/mol. The summed E-state index contributed by atoms with van der Waals surface area (Å²) in [6.45, 7) is 2.42. The molecule has 4 rings (SSSR count). The van der Waals surface area contributed by atoms with Crippen LogP contribution in [0.5, 0.6) is 5.75 Å². The fourth-order valence-electron chi connectivity index (χ4n) is 3.01. The Bertz CT molecular complexity index is 1080. The second kappa shape index (κ2) is 8.23. The molecule has 0 aliphatic rings. The van der Waals surface area contributed by atoms with Crippen molar-refractivity contribution >= 4 is 28.0 Å². The van der Waals surface area contributed by atoms with Crippen LogP contribution in [-0.4, -0.2) is 10.9 Å². The van der Waals surface area contributed by atoms with Gasteiger partial charge < -0.3 is 10.1 Å². The van der Waals surface area contributed by atoms with Crippen LogP contribution >= 0.6 is 11.3 Å². The van der Waals surface area contributed by atoms with Crippen LogP contribution in [0.25, 0.3) is 10.8 Å². The van der Waals surface area contributed by atoms with Crippen LogP contribution in [-0.2, 0) is 6.61 Å². The standard InChI is InChI=1S/C23H20N2O2S/c1-16(19-7-6-17-4-2-3-5-20(17)12-19)25-23(26)18-8-10-22(11-9-18)27-13-21-14-28-15-24-21/h2-12,14-16H,13H2,1H3,(H,25,26). The summed E-state index contributed by atoms with van der Waals surface area (Å²) in [5, 5.41) is 7.38. The molecule has 1 amide bonds. The van der Waals surface area contributed by atoms with Crippen molar-refractivity contribution < 1.29 is 9.53 Å². The molecule has 4 aromatic rings. The summed E-state index contributed by atoms with van der Waals surface area (Å²) in [6, 6.07) is 21.6. The van der Waals surface area contributed by atoms with E-state index in [0.29, 0.717) is 17.9 Å². The molecule has 4 nitrogen and oxygen atoms in total. The Morgan fingerprint density at radius 1 is 1.07 bits per heavy atom. The molecule has 28 heavy (non-hydrogen) atoms. The number of rotatable bonds is 6. The zero-order valence-corrected chi connectivity index (χ0v) is 16.3. The van der Waals surface area contributed by atoms with Crippen LogP contribution < -0.4 is 10.1 Å². The number of hydrogen-bond donors (Lipinski definition) is 1. The molecule has 5 heteroatoms. The molecule has 0 saturated carbocycles. The van der Waals surface area contributed by atoms with Gasteiger partial charge in [0.2, 0.25) is 0 Å². The fraction of sp³-hybridized carbons (Fsp3) is 0.130. The van der Waals surface area contributed by atoms with Gasteiger partial charge in [-0.2, -0.15) is 0 Å². The molecular weight excluding hydrogens is 368 g/mol. The lowest BCUT2D eigenvalue weighted by Crippen LogP contribution is -2.26. The lowest BCUT2D eigenvalue weighted by atomic mass is 10.0. The Morgan fingerprint density at radius 3 is 2.61 bits per heavy atom. The minimum Gasteiger partial charge on any atom is -0.487 e. The molecule has 3 aromatic carbocycles. The highest BCUT2D eigenvalue weighted by molar-refractivity contribution is 7.07. The number of benzene rings is 3. The second-order valence-corrected chi connectivity index (χ2v) is 7.31. The van der Waals surface area contributed by atoms with Gasteiger partial charge in [0.05, 0.1) is 17.2 Å². The Hall–Kier alpha value is -3.18. The summed E-state index contributed by atoms with van der Waals surface area (Å²) in [5.74, 6) is 0.610. The van der Waals surface area contributed by atoms with E-state index < -0.39 is 0 Å². The maximum Gasteiger partial charge on any atom is 0.251 e. The first kappa shape index (κ1) is 18.2. The van der Waals surface area contributed by atoms with Gasteiger partial charge in [-0.25, -0.2) is 4.98 Å². The van der Waals surface area contributed by atoms with E-state index in [1.807, 2.05) is 36.6 Å². The van der Waals surface area contributed by atoms with Crippen molar-refractivity contribution in [2.24, 2.45) is 0 Å². The molecule has 1 atom stereocenters. The zero-order valence-electron chi connectivity index (χ0n) is 15.5. The van der Waals surface area contributed by atoms with Crippen molar-refractivity contribution in [1.29, 1.82) is 0 Å². The van der Waals surface area contributed by atoms with Crippen molar-refractivity contribution in [3.05, 3.63) is 94.4 Å². The summed E-state index contributed by atoms with van der Waals surface area (Å²) in [5.41, 5.74) is 4.36. The Kier molecular flexibility index (Phi) is 5.35. The number of amides is 1. The van der Waals surface area contributed by atoms with E-state index in [0.717, 1.165) is 11.3 Å². The minimum atomic E-state index is -0.105. The van der Waals surface area contributed by atoms with Gasteiger partial charge >= 0.3 is 0 Å². The average Bonchev–Trinajstić information content (AvgIpc) is 3.26. The number of aromatic nitrogens is 1. The summed E-state index contributed by atoms with van der Waals surface area (Å²) < 4.78 is 5.69. The van der Waals surface area contributed by atoms with Crippen molar-refractivity contribution in [2.75, 3.05) is 0 Å². The Balaban J connectivity index is 1.39. The quantitative estimate of drug-likeness (QED) is 0.483. The van der Waals surface area contributed by atoms with E-state index in [1.165, 1.54) is 10.8 Å². The van der Waals surface area contributed by atoms with E-state index in [4.69, 9.17) is 4.74 Å². The van der Waals surface area contributed by atoms with E-state index in [-0.39, 0.29) is 11.9 Å². The van der Waals surface area contributed by atoms with Crippen molar-refractivity contribution in [2.45, 2.75) is 19.6 Å². The number of nitrogens with one attached hydrogen (secondary N) is 1. The van der Waals surface area contributed by atoms with E-state index >= 15 is 0 Å². The van der Waals surface area contributed by atoms with Crippen molar-refractivity contribution in [3.63, 3.8) is 0 Å². The summed E-state index contributed by atoms with van der Waals surface area (Å²) >= 11 is 1.54. The largest absolute Gasteiger partial charge is 0.487 e. The van der Waals surface area contributed by atoms with Crippen LogP contribution in [0.3, 0.4) is 0 Å². The number of carbonyl (C=O) groups is 1. The monoisotopic (exact) mass is 388 g/mol. The van der Waals surface area contributed by atoms with Gasteiger partial charge in [0.25, 0.3) is 5.91 Å². The molecule has 0 spiro atoms. The van der Waals surface area contributed by atoms with Gasteiger partial charge in [0, 0.05) is 10.9 Å². The van der Waals surface area contributed by atoms with E-state index in [2.05, 4.69) is 40.6 Å². The maximum absolute atomic E-state index is 12.6. The molecular formula is C23H20N2O2S. The van der Waals surface area contributed by atoms with Crippen LogP contribution in [0.2, 0.25) is 0 Å². The third-order valence-electron chi connectivity index (χ3n) is 4.61. The number of nitrogens with zero attached hydrogens (tertiary/aromatic N) is 1. The number of thiazole rings is 1. The van der Waals surface area contributed by atoms with E-state index in [1.54, 1.807) is 29.0 Å². The molecule has 0 fully saturated rings. The molecule has 140 valence electrons. The average molecular weight is 388 g/mol. The molecule has 0 saturated heterocycles. The van der Waals surface area contributed by atoms with Gasteiger partial charge in [-0.1, -0.05) is 36.4 Å². The molecule has 0 bridgehead atoms. The zero-order chi connectivity index (χ0) is 19.3. The highest BCUT2D eigenvalue weighted by Gasteiger charge is 2.12. The first-order valence-corrected chi connectivity index (χ1v) is 10.0. The molecule has 1 aromatic heterocycles. The predicted octanol–water partition coefficient (Wildman–Crippen LogP) is 5.37. The Labute approximate surface area is 167 Å². The van der Waals surface area contributed by atoms with Gasteiger partial charge in [0.15, 0.2) is 0 Å². The minimum absolute atomic E-state index is 0.0855. The van der Waals surface area contributed by atoms with E-state index in [9.17, 15) is 4.79 Å². The summed E-state index contributed by atoms with van der Waals surface area (Å²) in [7, 11) is 0. The first-order valence-electron chi connectivity index (χ1n) is 9.08. The highest BCUT2D eigenvalue weighted by Crippen LogP contribution is 2.21. The molecule has 0 radical (unpaired) electrons. The van der Waals surface area contributed by atoms with Crippen LogP contribution in [0.1, 0.15) is 34.6 Å².